The topological polar surface area (TPSA) is 68.0 Å². The number of nitrogens with one attached hydrogen (secondary N) is 1. The smallest absolute Gasteiger partial charge is 0.228 e. The predicted molar refractivity (Wildman–Crippen MR) is 87.8 cm³/mol. The van der Waals surface area contributed by atoms with Gasteiger partial charge in [0.15, 0.2) is 0 Å². The number of nitrogens with zero attached hydrogens (tertiary/aromatic N) is 1. The van der Waals surface area contributed by atoms with Crippen molar-refractivity contribution >= 4 is 45.6 Å². The molecule has 3 N–H and O–H groups in total. The maximum absolute atomic E-state index is 11.8. The number of fused-ring (bicyclic) bond motifs is 1. The highest BCUT2D eigenvalue weighted by Crippen LogP contribution is 2.29. The maximum Gasteiger partial charge on any atom is 0.228 e. The van der Waals surface area contributed by atoms with Crippen LogP contribution in [0, 0.1) is 5.92 Å². The summed E-state index contributed by atoms with van der Waals surface area (Å²) in [6.07, 6.45) is 0. The minimum Gasteiger partial charge on any atom is -0.330 e. The van der Waals surface area contributed by atoms with Gasteiger partial charge < -0.3 is 11.1 Å². The first-order valence-corrected chi connectivity index (χ1v) is 7.24. The van der Waals surface area contributed by atoms with Crippen molar-refractivity contribution in [2.45, 2.75) is 26.7 Å². The van der Waals surface area contributed by atoms with Crippen molar-refractivity contribution in [3.05, 3.63) is 23.2 Å². The van der Waals surface area contributed by atoms with E-state index in [2.05, 4.69) is 24.1 Å². The predicted octanol–water partition coefficient (Wildman–Crippen LogP) is 3.37. The van der Waals surface area contributed by atoms with E-state index in [0.717, 1.165) is 20.9 Å². The van der Waals surface area contributed by atoms with Crippen molar-refractivity contribution in [3.63, 3.8) is 0 Å². The van der Waals surface area contributed by atoms with Crippen LogP contribution >= 0.6 is 23.7 Å². The fourth-order valence-corrected chi connectivity index (χ4v) is 2.65. The Morgan fingerprint density at radius 2 is 2.10 bits per heavy atom. The third kappa shape index (κ3) is 3.69. The lowest BCUT2D eigenvalue weighted by Crippen LogP contribution is -2.26. The zero-order valence-electron chi connectivity index (χ0n) is 11.8. The zero-order valence-corrected chi connectivity index (χ0v) is 13.5. The molecule has 0 aliphatic carbocycles. The van der Waals surface area contributed by atoms with Gasteiger partial charge in [-0.25, -0.2) is 4.98 Å². The minimum atomic E-state index is -0.177. The quantitative estimate of drug-likeness (QED) is 0.909. The molecule has 1 amide bonds. The highest BCUT2D eigenvalue weighted by molar-refractivity contribution is 7.18. The number of carbonyl (C=O) groups excluding carboxylic acids is 1. The Kier molecular flexibility index (Phi) is 5.92. The molecule has 6 heteroatoms. The third-order valence-corrected chi connectivity index (χ3v) is 4.29. The summed E-state index contributed by atoms with van der Waals surface area (Å²) >= 11 is 1.67. The second-order valence-corrected chi connectivity index (χ2v) is 6.08. The molecule has 110 valence electrons. The van der Waals surface area contributed by atoms with E-state index in [0.29, 0.717) is 12.5 Å². The lowest BCUT2D eigenvalue weighted by molar-refractivity contribution is -0.119. The SMILES string of the molecule is CC(CN)C(=O)Nc1ccc2nc(C(C)C)sc2c1.Cl. The molecule has 1 unspecified atom stereocenters. The van der Waals surface area contributed by atoms with Crippen molar-refractivity contribution in [2.75, 3.05) is 11.9 Å². The molecule has 1 atom stereocenters. The number of amides is 1. The van der Waals surface area contributed by atoms with E-state index in [4.69, 9.17) is 5.73 Å². The van der Waals surface area contributed by atoms with E-state index in [-0.39, 0.29) is 24.2 Å². The number of aromatic nitrogens is 1. The molecular weight excluding hydrogens is 294 g/mol. The standard InChI is InChI=1S/C14H19N3OS.ClH/c1-8(2)14-17-11-5-4-10(6-12(11)19-14)16-13(18)9(3)7-15;/h4-6,8-9H,7,15H2,1-3H3,(H,16,18);1H. The molecule has 0 bridgehead atoms. The molecular formula is C14H20ClN3OS. The highest BCUT2D eigenvalue weighted by atomic mass is 35.5. The van der Waals surface area contributed by atoms with E-state index < -0.39 is 0 Å². The van der Waals surface area contributed by atoms with Gasteiger partial charge in [-0.3, -0.25) is 4.79 Å². The molecule has 0 saturated carbocycles. The Morgan fingerprint density at radius 3 is 2.70 bits per heavy atom. The lowest BCUT2D eigenvalue weighted by atomic mass is 10.1. The number of halogens is 1. The van der Waals surface area contributed by atoms with Gasteiger partial charge in [-0.2, -0.15) is 0 Å². The fourth-order valence-electron chi connectivity index (χ4n) is 1.64. The number of benzene rings is 1. The number of nitrogens with two attached hydrogens (primary N) is 1. The van der Waals surface area contributed by atoms with Crippen LogP contribution in [0.2, 0.25) is 0 Å². The average molecular weight is 314 g/mol. The number of carbonyl (C=O) groups is 1. The van der Waals surface area contributed by atoms with Crippen LogP contribution in [-0.2, 0) is 4.79 Å². The van der Waals surface area contributed by atoms with Crippen LogP contribution in [0.15, 0.2) is 18.2 Å². The number of hydrogen-bond donors (Lipinski definition) is 2. The first kappa shape index (κ1) is 16.9. The Hall–Kier alpha value is -1.17. The van der Waals surface area contributed by atoms with Crippen molar-refractivity contribution in [2.24, 2.45) is 11.7 Å². The summed E-state index contributed by atoms with van der Waals surface area (Å²) in [4.78, 5) is 16.4. The van der Waals surface area contributed by atoms with Gasteiger partial charge in [0, 0.05) is 24.1 Å². The number of anilines is 1. The summed E-state index contributed by atoms with van der Waals surface area (Å²) in [5, 5.41) is 4.00. The molecule has 20 heavy (non-hydrogen) atoms. The van der Waals surface area contributed by atoms with Crippen LogP contribution < -0.4 is 11.1 Å². The van der Waals surface area contributed by atoms with Crippen molar-refractivity contribution in [1.29, 1.82) is 0 Å². The summed E-state index contributed by atoms with van der Waals surface area (Å²) in [5.74, 6) is 0.200. The molecule has 1 aromatic heterocycles. The summed E-state index contributed by atoms with van der Waals surface area (Å²) in [7, 11) is 0. The first-order chi connectivity index (χ1) is 9.01. The first-order valence-electron chi connectivity index (χ1n) is 6.42. The molecule has 4 nitrogen and oxygen atoms in total. The highest BCUT2D eigenvalue weighted by Gasteiger charge is 2.12. The van der Waals surface area contributed by atoms with E-state index in [1.807, 2.05) is 25.1 Å². The van der Waals surface area contributed by atoms with Gasteiger partial charge in [0.2, 0.25) is 5.91 Å². The van der Waals surface area contributed by atoms with Gasteiger partial charge >= 0.3 is 0 Å². The molecule has 0 spiro atoms. The molecule has 0 saturated heterocycles. The van der Waals surface area contributed by atoms with E-state index in [1.165, 1.54) is 0 Å². The van der Waals surface area contributed by atoms with E-state index in [1.54, 1.807) is 11.3 Å². The Labute approximate surface area is 129 Å². The Morgan fingerprint density at radius 1 is 1.40 bits per heavy atom. The van der Waals surface area contributed by atoms with Crippen molar-refractivity contribution in [3.8, 4) is 0 Å². The van der Waals surface area contributed by atoms with Crippen LogP contribution in [0.4, 0.5) is 5.69 Å². The van der Waals surface area contributed by atoms with Gasteiger partial charge in [-0.05, 0) is 18.2 Å². The monoisotopic (exact) mass is 313 g/mol. The average Bonchev–Trinajstić information content (AvgIpc) is 2.81. The minimum absolute atomic E-state index is 0. The Bertz CT molecular complexity index is 597. The van der Waals surface area contributed by atoms with Crippen LogP contribution in [-0.4, -0.2) is 17.4 Å². The summed E-state index contributed by atoms with van der Waals surface area (Å²) in [6, 6.07) is 5.80. The van der Waals surface area contributed by atoms with Crippen LogP contribution in [0.25, 0.3) is 10.2 Å². The van der Waals surface area contributed by atoms with Gasteiger partial charge in [-0.15, -0.1) is 23.7 Å². The molecule has 0 fully saturated rings. The number of thiazole rings is 1. The summed E-state index contributed by atoms with van der Waals surface area (Å²) in [5.41, 5.74) is 7.27. The number of rotatable bonds is 4. The second kappa shape index (κ2) is 7.02. The molecule has 1 aromatic carbocycles. The van der Waals surface area contributed by atoms with E-state index in [9.17, 15) is 4.79 Å². The van der Waals surface area contributed by atoms with Crippen molar-refractivity contribution < 1.29 is 4.79 Å². The van der Waals surface area contributed by atoms with Crippen LogP contribution in [0.3, 0.4) is 0 Å². The zero-order chi connectivity index (χ0) is 14.0. The summed E-state index contributed by atoms with van der Waals surface area (Å²) < 4.78 is 1.10. The van der Waals surface area contributed by atoms with Crippen LogP contribution in [0.1, 0.15) is 31.7 Å². The van der Waals surface area contributed by atoms with Gasteiger partial charge in [0.1, 0.15) is 0 Å². The third-order valence-electron chi connectivity index (χ3n) is 2.97. The normalized spacial score (nSPS) is 12.2. The summed E-state index contributed by atoms with van der Waals surface area (Å²) in [6.45, 7) is 6.43. The molecule has 2 rings (SSSR count). The molecule has 2 aromatic rings. The molecule has 1 heterocycles. The fraction of sp³-hybridized carbons (Fsp3) is 0.429. The second-order valence-electron chi connectivity index (χ2n) is 5.02. The van der Waals surface area contributed by atoms with Gasteiger partial charge in [0.05, 0.1) is 15.2 Å². The van der Waals surface area contributed by atoms with Crippen LogP contribution in [0.5, 0.6) is 0 Å². The van der Waals surface area contributed by atoms with E-state index >= 15 is 0 Å². The largest absolute Gasteiger partial charge is 0.330 e. The number of hydrogen-bond acceptors (Lipinski definition) is 4. The molecule has 0 aliphatic heterocycles. The molecule has 0 radical (unpaired) electrons. The van der Waals surface area contributed by atoms with Gasteiger partial charge in [0.25, 0.3) is 0 Å². The maximum atomic E-state index is 11.8. The molecule has 0 aliphatic rings. The lowest BCUT2D eigenvalue weighted by Gasteiger charge is -2.09. The van der Waals surface area contributed by atoms with Crippen molar-refractivity contribution in [1.82, 2.24) is 4.98 Å². The van der Waals surface area contributed by atoms with Gasteiger partial charge in [-0.1, -0.05) is 20.8 Å². The Balaban J connectivity index is 0.00000200.